The number of carboxylic acid groups (broad SMARTS) is 1. The summed E-state index contributed by atoms with van der Waals surface area (Å²) in [6.45, 7) is 2.15. The van der Waals surface area contributed by atoms with Crippen LogP contribution in [0.25, 0.3) is 0 Å². The van der Waals surface area contributed by atoms with E-state index < -0.39 is 5.97 Å². The van der Waals surface area contributed by atoms with Gasteiger partial charge in [0.25, 0.3) is 5.91 Å². The first-order chi connectivity index (χ1) is 10.5. The molecule has 3 N–H and O–H groups in total. The first-order valence-electron chi connectivity index (χ1n) is 7.00. The van der Waals surface area contributed by atoms with Gasteiger partial charge in [0.2, 0.25) is 5.91 Å². The van der Waals surface area contributed by atoms with E-state index >= 15 is 0 Å². The standard InChI is InChI=1S/C15H20N2O4S/c1-2-9-22-10-13(18)17-12-5-3-11(4-6-12)15(21)16-8-7-14(19)20/h3-6H,2,7-10H2,1H3,(H,16,21)(H,17,18)(H,19,20). The predicted molar refractivity (Wildman–Crippen MR) is 87.3 cm³/mol. The quantitative estimate of drug-likeness (QED) is 0.604. The number of carbonyl (C=O) groups excluding carboxylic acids is 2. The van der Waals surface area contributed by atoms with Crippen LogP contribution < -0.4 is 10.6 Å². The number of carbonyl (C=O) groups is 3. The van der Waals surface area contributed by atoms with E-state index in [4.69, 9.17) is 5.11 Å². The summed E-state index contributed by atoms with van der Waals surface area (Å²) in [7, 11) is 0. The lowest BCUT2D eigenvalue weighted by atomic mass is 10.2. The first kappa shape index (κ1) is 18.0. The zero-order valence-electron chi connectivity index (χ0n) is 12.4. The van der Waals surface area contributed by atoms with Gasteiger partial charge < -0.3 is 15.7 Å². The van der Waals surface area contributed by atoms with E-state index in [-0.39, 0.29) is 24.8 Å². The number of carboxylic acids is 1. The molecule has 0 saturated carbocycles. The summed E-state index contributed by atoms with van der Waals surface area (Å²) in [5, 5.41) is 13.8. The molecule has 0 aliphatic heterocycles. The summed E-state index contributed by atoms with van der Waals surface area (Å²) in [5.74, 6) is -0.0113. The van der Waals surface area contributed by atoms with Crippen LogP contribution in [0.4, 0.5) is 5.69 Å². The van der Waals surface area contributed by atoms with Gasteiger partial charge in [-0.3, -0.25) is 14.4 Å². The van der Waals surface area contributed by atoms with Gasteiger partial charge in [-0.1, -0.05) is 6.92 Å². The van der Waals surface area contributed by atoms with E-state index in [2.05, 4.69) is 17.6 Å². The highest BCUT2D eigenvalue weighted by Gasteiger charge is 2.07. The van der Waals surface area contributed by atoms with Crippen molar-refractivity contribution in [3.8, 4) is 0 Å². The third-order valence-electron chi connectivity index (χ3n) is 2.64. The van der Waals surface area contributed by atoms with Crippen LogP contribution in [0.15, 0.2) is 24.3 Å². The highest BCUT2D eigenvalue weighted by Crippen LogP contribution is 2.11. The SMILES string of the molecule is CCCSCC(=O)Nc1ccc(C(=O)NCCC(=O)O)cc1. The Balaban J connectivity index is 2.43. The Morgan fingerprint density at radius 1 is 1.18 bits per heavy atom. The second-order valence-corrected chi connectivity index (χ2v) is 5.68. The monoisotopic (exact) mass is 324 g/mol. The third kappa shape index (κ3) is 7.12. The highest BCUT2D eigenvalue weighted by molar-refractivity contribution is 7.99. The van der Waals surface area contributed by atoms with Crippen molar-refractivity contribution in [1.82, 2.24) is 5.32 Å². The number of hydrogen-bond donors (Lipinski definition) is 3. The van der Waals surface area contributed by atoms with Crippen molar-refractivity contribution < 1.29 is 19.5 Å². The molecule has 120 valence electrons. The normalized spacial score (nSPS) is 10.0. The second kappa shape index (κ2) is 9.83. The molecule has 0 heterocycles. The van der Waals surface area contributed by atoms with Crippen molar-refractivity contribution in [1.29, 1.82) is 0 Å². The summed E-state index contributed by atoms with van der Waals surface area (Å²) >= 11 is 1.58. The van der Waals surface area contributed by atoms with Gasteiger partial charge in [-0.05, 0) is 36.4 Å². The van der Waals surface area contributed by atoms with Crippen LogP contribution in [0, 0.1) is 0 Å². The average molecular weight is 324 g/mol. The fourth-order valence-electron chi connectivity index (χ4n) is 1.60. The third-order valence-corrected chi connectivity index (χ3v) is 3.80. The molecule has 6 nitrogen and oxygen atoms in total. The van der Waals surface area contributed by atoms with E-state index in [1.807, 2.05) is 0 Å². The maximum Gasteiger partial charge on any atom is 0.305 e. The Kier molecular flexibility index (Phi) is 8.06. The lowest BCUT2D eigenvalue weighted by molar-refractivity contribution is -0.136. The Morgan fingerprint density at radius 2 is 1.86 bits per heavy atom. The van der Waals surface area contributed by atoms with Crippen molar-refractivity contribution >= 4 is 35.2 Å². The van der Waals surface area contributed by atoms with Gasteiger partial charge in [0, 0.05) is 17.8 Å². The molecule has 1 aromatic carbocycles. The second-order valence-electron chi connectivity index (χ2n) is 4.58. The molecule has 0 aliphatic rings. The van der Waals surface area contributed by atoms with Crippen LogP contribution in [0.1, 0.15) is 30.1 Å². The summed E-state index contributed by atoms with van der Waals surface area (Å²) in [6.07, 6.45) is 0.916. The summed E-state index contributed by atoms with van der Waals surface area (Å²) in [6, 6.07) is 6.47. The summed E-state index contributed by atoms with van der Waals surface area (Å²) < 4.78 is 0. The fraction of sp³-hybridized carbons (Fsp3) is 0.400. The smallest absolute Gasteiger partial charge is 0.305 e. The van der Waals surface area contributed by atoms with Crippen molar-refractivity contribution in [2.75, 3.05) is 23.4 Å². The Bertz CT molecular complexity index is 517. The van der Waals surface area contributed by atoms with Crippen LogP contribution in [0.5, 0.6) is 0 Å². The molecule has 0 radical (unpaired) electrons. The molecule has 0 aromatic heterocycles. The molecule has 1 aromatic rings. The summed E-state index contributed by atoms with van der Waals surface area (Å²) in [5.41, 5.74) is 1.05. The minimum atomic E-state index is -0.959. The molecule has 0 bridgehead atoms. The number of rotatable bonds is 9. The molecule has 2 amide bonds. The van der Waals surface area contributed by atoms with Crippen LogP contribution >= 0.6 is 11.8 Å². The van der Waals surface area contributed by atoms with Crippen molar-refractivity contribution in [2.24, 2.45) is 0 Å². The van der Waals surface area contributed by atoms with E-state index in [9.17, 15) is 14.4 Å². The number of thioether (sulfide) groups is 1. The number of hydrogen-bond acceptors (Lipinski definition) is 4. The van der Waals surface area contributed by atoms with Crippen LogP contribution in [-0.2, 0) is 9.59 Å². The minimum absolute atomic E-state index is 0.0721. The van der Waals surface area contributed by atoms with Gasteiger partial charge in [-0.2, -0.15) is 11.8 Å². The number of amides is 2. The minimum Gasteiger partial charge on any atom is -0.481 e. The predicted octanol–water partition coefficient (Wildman–Crippen LogP) is 1.97. The lowest BCUT2D eigenvalue weighted by Crippen LogP contribution is -2.26. The van der Waals surface area contributed by atoms with E-state index in [0.717, 1.165) is 12.2 Å². The van der Waals surface area contributed by atoms with Crippen molar-refractivity contribution in [2.45, 2.75) is 19.8 Å². The molecule has 0 aliphatic carbocycles. The molecule has 22 heavy (non-hydrogen) atoms. The average Bonchev–Trinajstić information content (AvgIpc) is 2.47. The number of aliphatic carboxylic acids is 1. The molecule has 0 saturated heterocycles. The Hall–Kier alpha value is -2.02. The van der Waals surface area contributed by atoms with Gasteiger partial charge in [0.15, 0.2) is 0 Å². The Labute approximate surface area is 133 Å². The fourth-order valence-corrected chi connectivity index (χ4v) is 2.29. The maximum atomic E-state index is 11.7. The maximum absolute atomic E-state index is 11.7. The Morgan fingerprint density at radius 3 is 2.45 bits per heavy atom. The van der Waals surface area contributed by atoms with Gasteiger partial charge in [-0.25, -0.2) is 0 Å². The molecule has 0 spiro atoms. The molecule has 1 rings (SSSR count). The van der Waals surface area contributed by atoms with E-state index in [1.54, 1.807) is 36.0 Å². The van der Waals surface area contributed by atoms with Crippen molar-refractivity contribution in [3.05, 3.63) is 29.8 Å². The highest BCUT2D eigenvalue weighted by atomic mass is 32.2. The molecular formula is C15H20N2O4S. The molecule has 7 heteroatoms. The molecular weight excluding hydrogens is 304 g/mol. The number of anilines is 1. The molecule has 0 unspecified atom stereocenters. The topological polar surface area (TPSA) is 95.5 Å². The van der Waals surface area contributed by atoms with E-state index in [1.165, 1.54) is 0 Å². The van der Waals surface area contributed by atoms with Crippen LogP contribution in [0.3, 0.4) is 0 Å². The zero-order valence-corrected chi connectivity index (χ0v) is 13.2. The molecule has 0 fully saturated rings. The van der Waals surface area contributed by atoms with Crippen LogP contribution in [0.2, 0.25) is 0 Å². The van der Waals surface area contributed by atoms with E-state index in [0.29, 0.717) is 17.0 Å². The largest absolute Gasteiger partial charge is 0.481 e. The lowest BCUT2D eigenvalue weighted by Gasteiger charge is -2.07. The van der Waals surface area contributed by atoms with Crippen LogP contribution in [-0.4, -0.2) is 40.9 Å². The number of benzene rings is 1. The van der Waals surface area contributed by atoms with Gasteiger partial charge >= 0.3 is 5.97 Å². The zero-order chi connectivity index (χ0) is 16.4. The van der Waals surface area contributed by atoms with Gasteiger partial charge in [0.05, 0.1) is 12.2 Å². The van der Waals surface area contributed by atoms with Gasteiger partial charge in [0.1, 0.15) is 0 Å². The first-order valence-corrected chi connectivity index (χ1v) is 8.16. The molecule has 0 atom stereocenters. The number of nitrogens with one attached hydrogen (secondary N) is 2. The summed E-state index contributed by atoms with van der Waals surface area (Å²) in [4.78, 5) is 33.7. The van der Waals surface area contributed by atoms with Crippen molar-refractivity contribution in [3.63, 3.8) is 0 Å². The van der Waals surface area contributed by atoms with Gasteiger partial charge in [-0.15, -0.1) is 0 Å².